The molecule has 1 atom stereocenters. The second-order valence-corrected chi connectivity index (χ2v) is 4.90. The number of amides is 1. The van der Waals surface area contributed by atoms with E-state index < -0.39 is 0 Å². The maximum Gasteiger partial charge on any atom is 0.221 e. The topological polar surface area (TPSA) is 44.4 Å². The number of hydrogen-bond acceptors (Lipinski definition) is 3. The van der Waals surface area contributed by atoms with Crippen molar-refractivity contribution in [3.05, 3.63) is 0 Å². The second-order valence-electron chi connectivity index (χ2n) is 4.90. The van der Waals surface area contributed by atoms with Gasteiger partial charge < -0.3 is 15.5 Å². The lowest BCUT2D eigenvalue weighted by Gasteiger charge is -2.22. The summed E-state index contributed by atoms with van der Waals surface area (Å²) in [6.45, 7) is 3.94. The average molecular weight is 227 g/mol. The van der Waals surface area contributed by atoms with E-state index in [0.717, 1.165) is 38.5 Å². The van der Waals surface area contributed by atoms with Crippen LogP contribution in [0.4, 0.5) is 0 Å². The highest BCUT2D eigenvalue weighted by Crippen LogP contribution is 2.12. The molecule has 1 unspecified atom stereocenters. The van der Waals surface area contributed by atoms with E-state index in [1.165, 1.54) is 12.8 Å². The fraction of sp³-hybridized carbons (Fsp3) is 0.917. The molecule has 1 aliphatic heterocycles. The summed E-state index contributed by atoms with van der Waals surface area (Å²) in [6, 6.07) is 0. The predicted molar refractivity (Wildman–Crippen MR) is 66.4 cm³/mol. The quantitative estimate of drug-likeness (QED) is 0.692. The first-order chi connectivity index (χ1) is 7.68. The minimum absolute atomic E-state index is 0.178. The molecule has 4 heteroatoms. The number of carbonyl (C=O) groups excluding carboxylic acids is 1. The number of carbonyl (C=O) groups is 1. The van der Waals surface area contributed by atoms with E-state index in [2.05, 4.69) is 10.6 Å². The molecular weight excluding hydrogens is 202 g/mol. The Morgan fingerprint density at radius 2 is 2.31 bits per heavy atom. The van der Waals surface area contributed by atoms with E-state index in [9.17, 15) is 4.79 Å². The molecule has 1 amide bonds. The van der Waals surface area contributed by atoms with Gasteiger partial charge in [-0.25, -0.2) is 0 Å². The van der Waals surface area contributed by atoms with Crippen LogP contribution >= 0.6 is 0 Å². The zero-order valence-electron chi connectivity index (χ0n) is 10.6. The first kappa shape index (κ1) is 13.5. The van der Waals surface area contributed by atoms with Gasteiger partial charge in [0.15, 0.2) is 0 Å². The Morgan fingerprint density at radius 1 is 1.50 bits per heavy atom. The number of hydrogen-bond donors (Lipinski definition) is 2. The van der Waals surface area contributed by atoms with Gasteiger partial charge in [-0.05, 0) is 52.4 Å². The standard InChI is InChI=1S/C12H25N3O/c1-15(2)9-6-12(16)14-8-5-11-4-3-7-13-10-11/h11,13H,3-10H2,1-2H3,(H,14,16). The first-order valence-electron chi connectivity index (χ1n) is 6.30. The van der Waals surface area contributed by atoms with Crippen molar-refractivity contribution in [1.29, 1.82) is 0 Å². The van der Waals surface area contributed by atoms with E-state index in [-0.39, 0.29) is 5.91 Å². The minimum Gasteiger partial charge on any atom is -0.356 e. The van der Waals surface area contributed by atoms with Gasteiger partial charge in [0.25, 0.3) is 0 Å². The lowest BCUT2D eigenvalue weighted by Crippen LogP contribution is -2.33. The molecule has 0 saturated carbocycles. The van der Waals surface area contributed by atoms with Crippen LogP contribution in [0.2, 0.25) is 0 Å². The summed E-state index contributed by atoms with van der Waals surface area (Å²) >= 11 is 0. The van der Waals surface area contributed by atoms with Crippen LogP contribution in [-0.2, 0) is 4.79 Å². The smallest absolute Gasteiger partial charge is 0.221 e. The largest absolute Gasteiger partial charge is 0.356 e. The van der Waals surface area contributed by atoms with Crippen molar-refractivity contribution in [2.75, 3.05) is 40.3 Å². The number of rotatable bonds is 6. The highest BCUT2D eigenvalue weighted by atomic mass is 16.1. The summed E-state index contributed by atoms with van der Waals surface area (Å²) in [6.07, 6.45) is 4.30. The summed E-state index contributed by atoms with van der Waals surface area (Å²) in [4.78, 5) is 13.5. The van der Waals surface area contributed by atoms with Crippen molar-refractivity contribution in [2.24, 2.45) is 5.92 Å². The molecule has 0 aromatic carbocycles. The summed E-state index contributed by atoms with van der Waals surface area (Å²) in [5, 5.41) is 6.39. The van der Waals surface area contributed by atoms with Gasteiger partial charge in [-0.3, -0.25) is 4.79 Å². The van der Waals surface area contributed by atoms with Crippen LogP contribution in [0.3, 0.4) is 0 Å². The van der Waals surface area contributed by atoms with Crippen LogP contribution in [0.1, 0.15) is 25.7 Å². The van der Waals surface area contributed by atoms with E-state index >= 15 is 0 Å². The van der Waals surface area contributed by atoms with E-state index in [0.29, 0.717) is 6.42 Å². The molecule has 1 rings (SSSR count). The molecule has 1 saturated heterocycles. The van der Waals surface area contributed by atoms with Crippen molar-refractivity contribution >= 4 is 5.91 Å². The molecule has 1 heterocycles. The van der Waals surface area contributed by atoms with Crippen LogP contribution in [0, 0.1) is 5.92 Å². The van der Waals surface area contributed by atoms with Gasteiger partial charge in [-0.15, -0.1) is 0 Å². The molecule has 0 aromatic heterocycles. The maximum absolute atomic E-state index is 11.4. The zero-order valence-corrected chi connectivity index (χ0v) is 10.6. The van der Waals surface area contributed by atoms with Gasteiger partial charge in [0.05, 0.1) is 0 Å². The minimum atomic E-state index is 0.178. The summed E-state index contributed by atoms with van der Waals surface area (Å²) < 4.78 is 0. The Kier molecular flexibility index (Phi) is 6.42. The average Bonchev–Trinajstić information content (AvgIpc) is 2.28. The zero-order chi connectivity index (χ0) is 11.8. The van der Waals surface area contributed by atoms with Crippen LogP contribution < -0.4 is 10.6 Å². The van der Waals surface area contributed by atoms with Gasteiger partial charge in [-0.2, -0.15) is 0 Å². The van der Waals surface area contributed by atoms with Crippen molar-refractivity contribution in [2.45, 2.75) is 25.7 Å². The molecule has 0 aromatic rings. The Labute approximate surface area is 98.8 Å². The molecule has 0 radical (unpaired) electrons. The summed E-state index contributed by atoms with van der Waals surface area (Å²) in [5.74, 6) is 0.931. The molecule has 0 spiro atoms. The van der Waals surface area contributed by atoms with Gasteiger partial charge in [-0.1, -0.05) is 0 Å². The molecule has 0 aliphatic carbocycles. The molecule has 2 N–H and O–H groups in total. The molecule has 4 nitrogen and oxygen atoms in total. The van der Waals surface area contributed by atoms with Crippen LogP contribution in [0.15, 0.2) is 0 Å². The number of piperidine rings is 1. The normalized spacial score (nSPS) is 21.1. The van der Waals surface area contributed by atoms with Crippen LogP contribution in [-0.4, -0.2) is 51.1 Å². The third kappa shape index (κ3) is 6.08. The molecule has 1 aliphatic rings. The first-order valence-corrected chi connectivity index (χ1v) is 6.30. The maximum atomic E-state index is 11.4. The SMILES string of the molecule is CN(C)CCC(=O)NCCC1CCCNC1. The molecule has 16 heavy (non-hydrogen) atoms. The van der Waals surface area contributed by atoms with E-state index in [1.807, 2.05) is 19.0 Å². The van der Waals surface area contributed by atoms with Crippen LogP contribution in [0.5, 0.6) is 0 Å². The Morgan fingerprint density at radius 3 is 2.94 bits per heavy atom. The van der Waals surface area contributed by atoms with E-state index in [4.69, 9.17) is 0 Å². The van der Waals surface area contributed by atoms with Crippen molar-refractivity contribution in [1.82, 2.24) is 15.5 Å². The monoisotopic (exact) mass is 227 g/mol. The Balaban J connectivity index is 1.99. The fourth-order valence-electron chi connectivity index (χ4n) is 2.00. The van der Waals surface area contributed by atoms with Gasteiger partial charge in [0, 0.05) is 19.5 Å². The van der Waals surface area contributed by atoms with Gasteiger partial charge in [0.2, 0.25) is 5.91 Å². The Bertz CT molecular complexity index is 200. The fourth-order valence-corrected chi connectivity index (χ4v) is 2.00. The molecule has 94 valence electrons. The molecule has 1 fully saturated rings. The predicted octanol–water partition coefficient (Wildman–Crippen LogP) is 0.444. The van der Waals surface area contributed by atoms with E-state index in [1.54, 1.807) is 0 Å². The van der Waals surface area contributed by atoms with Gasteiger partial charge >= 0.3 is 0 Å². The number of nitrogens with one attached hydrogen (secondary N) is 2. The lowest BCUT2D eigenvalue weighted by molar-refractivity contribution is -0.121. The van der Waals surface area contributed by atoms with Gasteiger partial charge in [0.1, 0.15) is 0 Å². The second kappa shape index (κ2) is 7.63. The van der Waals surface area contributed by atoms with Crippen LogP contribution in [0.25, 0.3) is 0 Å². The molecular formula is C12H25N3O. The summed E-state index contributed by atoms with van der Waals surface area (Å²) in [7, 11) is 3.97. The highest BCUT2D eigenvalue weighted by Gasteiger charge is 2.12. The van der Waals surface area contributed by atoms with Crippen molar-refractivity contribution < 1.29 is 4.79 Å². The number of nitrogens with zero attached hydrogens (tertiary/aromatic N) is 1. The summed E-state index contributed by atoms with van der Waals surface area (Å²) in [5.41, 5.74) is 0. The van der Waals surface area contributed by atoms with Crippen molar-refractivity contribution in [3.63, 3.8) is 0 Å². The lowest BCUT2D eigenvalue weighted by atomic mass is 9.96. The highest BCUT2D eigenvalue weighted by molar-refractivity contribution is 5.75. The molecule has 0 bridgehead atoms. The Hall–Kier alpha value is -0.610. The van der Waals surface area contributed by atoms with Crippen molar-refractivity contribution in [3.8, 4) is 0 Å². The third-order valence-corrected chi connectivity index (χ3v) is 3.06. The third-order valence-electron chi connectivity index (χ3n) is 3.06.